The van der Waals surface area contributed by atoms with Crippen LogP contribution in [-0.4, -0.2) is 23.5 Å². The van der Waals surface area contributed by atoms with E-state index in [1.165, 1.54) is 0 Å². The van der Waals surface area contributed by atoms with Gasteiger partial charge in [-0.2, -0.15) is 0 Å². The van der Waals surface area contributed by atoms with Crippen LogP contribution in [0.4, 0.5) is 0 Å². The average molecular weight is 289 g/mol. The largest absolute Gasteiger partial charge is 0.481 e. The lowest BCUT2D eigenvalue weighted by molar-refractivity contribution is -0.146. The van der Waals surface area contributed by atoms with Crippen molar-refractivity contribution in [2.24, 2.45) is 11.8 Å². The molecule has 4 nitrogen and oxygen atoms in total. The highest BCUT2D eigenvalue weighted by Gasteiger charge is 2.38. The first-order valence-electron chi connectivity index (χ1n) is 7.48. The first-order valence-corrected chi connectivity index (χ1v) is 7.48. The molecule has 1 saturated carbocycles. The first kappa shape index (κ1) is 15.5. The van der Waals surface area contributed by atoms with Crippen LogP contribution in [0.25, 0.3) is 0 Å². The first-order chi connectivity index (χ1) is 9.92. The number of carbonyl (C=O) groups is 2. The fourth-order valence-corrected chi connectivity index (χ4v) is 3.00. The van der Waals surface area contributed by atoms with Gasteiger partial charge in [-0.1, -0.05) is 50.6 Å². The summed E-state index contributed by atoms with van der Waals surface area (Å²) in [4.78, 5) is 23.4. The zero-order valence-electron chi connectivity index (χ0n) is 12.6. The summed E-state index contributed by atoms with van der Waals surface area (Å²) in [5.74, 6) is -1.88. The molecule has 0 aromatic heterocycles. The van der Waals surface area contributed by atoms with E-state index in [4.69, 9.17) is 5.11 Å². The van der Waals surface area contributed by atoms with Crippen LogP contribution in [-0.2, 0) is 15.0 Å². The molecule has 1 aliphatic rings. The van der Waals surface area contributed by atoms with Crippen molar-refractivity contribution in [2.45, 2.75) is 38.5 Å². The van der Waals surface area contributed by atoms with Crippen LogP contribution in [0.5, 0.6) is 0 Å². The molecule has 21 heavy (non-hydrogen) atoms. The highest BCUT2D eigenvalue weighted by Crippen LogP contribution is 2.32. The van der Waals surface area contributed by atoms with Crippen LogP contribution in [0, 0.1) is 11.8 Å². The van der Waals surface area contributed by atoms with Crippen molar-refractivity contribution in [3.05, 3.63) is 35.9 Å². The van der Waals surface area contributed by atoms with Gasteiger partial charge < -0.3 is 10.4 Å². The van der Waals surface area contributed by atoms with Crippen molar-refractivity contribution in [3.8, 4) is 0 Å². The van der Waals surface area contributed by atoms with Gasteiger partial charge in [-0.05, 0) is 18.4 Å². The third-order valence-electron chi connectivity index (χ3n) is 4.43. The second-order valence-corrected chi connectivity index (χ2v) is 6.45. The molecule has 2 N–H and O–H groups in total. The summed E-state index contributed by atoms with van der Waals surface area (Å²) in [5.41, 5.74) is 0.986. The Balaban J connectivity index is 1.96. The maximum atomic E-state index is 12.3. The Morgan fingerprint density at radius 2 is 1.81 bits per heavy atom. The molecule has 1 amide bonds. The number of amides is 1. The number of carboxylic acid groups (broad SMARTS) is 1. The summed E-state index contributed by atoms with van der Waals surface area (Å²) in [5, 5.41) is 12.1. The smallest absolute Gasteiger partial charge is 0.307 e. The molecule has 4 heteroatoms. The van der Waals surface area contributed by atoms with E-state index in [0.29, 0.717) is 19.4 Å². The van der Waals surface area contributed by atoms with Gasteiger partial charge in [0.2, 0.25) is 5.91 Å². The second kappa shape index (κ2) is 6.29. The van der Waals surface area contributed by atoms with E-state index < -0.39 is 11.9 Å². The third kappa shape index (κ3) is 3.63. The van der Waals surface area contributed by atoms with Gasteiger partial charge in [-0.3, -0.25) is 9.59 Å². The van der Waals surface area contributed by atoms with Crippen LogP contribution in [0.2, 0.25) is 0 Å². The van der Waals surface area contributed by atoms with Gasteiger partial charge in [0.25, 0.3) is 0 Å². The van der Waals surface area contributed by atoms with Gasteiger partial charge in [0.1, 0.15) is 0 Å². The predicted molar refractivity (Wildman–Crippen MR) is 80.9 cm³/mol. The quantitative estimate of drug-likeness (QED) is 0.875. The van der Waals surface area contributed by atoms with E-state index in [2.05, 4.69) is 19.2 Å². The number of carbonyl (C=O) groups excluding carboxylic acids is 1. The molecule has 1 aromatic rings. The van der Waals surface area contributed by atoms with Crippen LogP contribution >= 0.6 is 0 Å². The number of hydrogen-bond donors (Lipinski definition) is 2. The molecule has 2 atom stereocenters. The number of carboxylic acids is 1. The normalized spacial score (nSPS) is 22.0. The Morgan fingerprint density at radius 1 is 1.19 bits per heavy atom. The minimum absolute atomic E-state index is 0.121. The molecule has 0 saturated heterocycles. The molecular weight excluding hydrogens is 266 g/mol. The van der Waals surface area contributed by atoms with Gasteiger partial charge in [0.15, 0.2) is 0 Å². The number of aliphatic carboxylic acids is 1. The number of benzene rings is 1. The molecule has 0 aliphatic heterocycles. The van der Waals surface area contributed by atoms with Crippen molar-refractivity contribution in [2.75, 3.05) is 6.54 Å². The monoisotopic (exact) mass is 289 g/mol. The third-order valence-corrected chi connectivity index (χ3v) is 4.43. The second-order valence-electron chi connectivity index (χ2n) is 6.45. The van der Waals surface area contributed by atoms with E-state index in [0.717, 1.165) is 12.0 Å². The highest BCUT2D eigenvalue weighted by molar-refractivity contribution is 5.85. The van der Waals surface area contributed by atoms with E-state index in [1.807, 2.05) is 30.3 Å². The van der Waals surface area contributed by atoms with Crippen molar-refractivity contribution >= 4 is 11.9 Å². The maximum Gasteiger partial charge on any atom is 0.307 e. The molecule has 0 radical (unpaired) electrons. The van der Waals surface area contributed by atoms with Gasteiger partial charge >= 0.3 is 5.97 Å². The fourth-order valence-electron chi connectivity index (χ4n) is 3.00. The minimum atomic E-state index is -0.852. The average Bonchev–Trinajstić information content (AvgIpc) is 2.95. The molecule has 1 fully saturated rings. The molecule has 2 unspecified atom stereocenters. The van der Waals surface area contributed by atoms with Crippen LogP contribution in [0.15, 0.2) is 30.3 Å². The Labute approximate surface area is 125 Å². The molecular formula is C17H23NO3. The van der Waals surface area contributed by atoms with Crippen molar-refractivity contribution < 1.29 is 14.7 Å². The van der Waals surface area contributed by atoms with Gasteiger partial charge in [0.05, 0.1) is 11.8 Å². The predicted octanol–water partition coefficient (Wildman–Crippen LogP) is 2.58. The molecule has 1 aliphatic carbocycles. The van der Waals surface area contributed by atoms with E-state index in [1.54, 1.807) is 0 Å². The van der Waals surface area contributed by atoms with E-state index in [9.17, 15) is 9.59 Å². The van der Waals surface area contributed by atoms with Crippen molar-refractivity contribution in [1.29, 1.82) is 0 Å². The molecule has 0 heterocycles. The summed E-state index contributed by atoms with van der Waals surface area (Å²) in [7, 11) is 0. The minimum Gasteiger partial charge on any atom is -0.481 e. The molecule has 2 rings (SSSR count). The Hall–Kier alpha value is -1.84. The van der Waals surface area contributed by atoms with Crippen LogP contribution in [0.3, 0.4) is 0 Å². The summed E-state index contributed by atoms with van der Waals surface area (Å²) in [6.07, 6.45) is 2.10. The van der Waals surface area contributed by atoms with Crippen LogP contribution in [0.1, 0.15) is 38.7 Å². The van der Waals surface area contributed by atoms with E-state index in [-0.39, 0.29) is 17.2 Å². The Morgan fingerprint density at radius 3 is 2.43 bits per heavy atom. The van der Waals surface area contributed by atoms with Crippen LogP contribution < -0.4 is 5.32 Å². The molecule has 114 valence electrons. The van der Waals surface area contributed by atoms with Gasteiger partial charge in [-0.25, -0.2) is 0 Å². The zero-order valence-corrected chi connectivity index (χ0v) is 12.6. The molecule has 0 spiro atoms. The maximum absolute atomic E-state index is 12.3. The van der Waals surface area contributed by atoms with Gasteiger partial charge in [0, 0.05) is 12.0 Å². The lowest BCUT2D eigenvalue weighted by Gasteiger charge is -2.27. The lowest BCUT2D eigenvalue weighted by atomic mass is 9.84. The Bertz CT molecular complexity index is 510. The number of hydrogen-bond acceptors (Lipinski definition) is 2. The van der Waals surface area contributed by atoms with E-state index >= 15 is 0 Å². The topological polar surface area (TPSA) is 66.4 Å². The lowest BCUT2D eigenvalue weighted by Crippen LogP contribution is -2.41. The number of rotatable bonds is 5. The standard InChI is InChI=1S/C17H23NO3/c1-17(2,12-7-4-3-5-8-12)11-18-15(19)13-9-6-10-14(13)16(20)21/h3-5,7-8,13-14H,6,9-11H2,1-2H3,(H,18,19)(H,20,21). The highest BCUT2D eigenvalue weighted by atomic mass is 16.4. The summed E-state index contributed by atoms with van der Waals surface area (Å²) in [6, 6.07) is 10.0. The molecule has 1 aromatic carbocycles. The fraction of sp³-hybridized carbons (Fsp3) is 0.529. The van der Waals surface area contributed by atoms with Crippen molar-refractivity contribution in [3.63, 3.8) is 0 Å². The number of nitrogens with one attached hydrogen (secondary N) is 1. The SMILES string of the molecule is CC(C)(CNC(=O)C1CCCC1C(=O)O)c1ccccc1. The Kier molecular flexibility index (Phi) is 4.66. The zero-order chi connectivity index (χ0) is 15.5. The summed E-state index contributed by atoms with van der Waals surface area (Å²) >= 11 is 0. The van der Waals surface area contributed by atoms with Crippen molar-refractivity contribution in [1.82, 2.24) is 5.32 Å². The molecule has 0 bridgehead atoms. The summed E-state index contributed by atoms with van der Waals surface area (Å²) in [6.45, 7) is 4.66. The van der Waals surface area contributed by atoms with Gasteiger partial charge in [-0.15, -0.1) is 0 Å². The summed E-state index contributed by atoms with van der Waals surface area (Å²) < 4.78 is 0.